The second-order valence-electron chi connectivity index (χ2n) is 6.93. The van der Waals surface area contributed by atoms with Crippen molar-refractivity contribution in [1.82, 2.24) is 4.98 Å². The van der Waals surface area contributed by atoms with Crippen molar-refractivity contribution in [1.29, 1.82) is 0 Å². The van der Waals surface area contributed by atoms with E-state index in [1.165, 1.54) is 0 Å². The fourth-order valence-electron chi connectivity index (χ4n) is 3.28. The molecule has 3 aromatic carbocycles. The molecule has 1 heterocycles. The van der Waals surface area contributed by atoms with E-state index in [0.717, 1.165) is 11.1 Å². The summed E-state index contributed by atoms with van der Waals surface area (Å²) in [6.45, 7) is 0.429. The number of pyridine rings is 1. The molecule has 0 spiro atoms. The summed E-state index contributed by atoms with van der Waals surface area (Å²) < 4.78 is 11.4. The number of benzene rings is 3. The summed E-state index contributed by atoms with van der Waals surface area (Å²) in [6, 6.07) is 24.3. The third-order valence-electron chi connectivity index (χ3n) is 4.84. The van der Waals surface area contributed by atoms with Gasteiger partial charge in [-0.15, -0.1) is 0 Å². The van der Waals surface area contributed by atoms with E-state index in [1.54, 1.807) is 31.4 Å². The quantitative estimate of drug-likeness (QED) is 0.423. The van der Waals surface area contributed by atoms with Crippen LogP contribution in [0.4, 0.5) is 0 Å². The normalized spacial score (nSPS) is 11.0. The van der Waals surface area contributed by atoms with Crippen LogP contribution in [-0.2, 0) is 6.61 Å². The Morgan fingerprint density at radius 2 is 1.71 bits per heavy atom. The van der Waals surface area contributed by atoms with E-state index < -0.39 is 5.97 Å². The molecule has 4 rings (SSSR count). The number of carboxylic acid groups (broad SMARTS) is 1. The second-order valence-corrected chi connectivity index (χ2v) is 6.93. The van der Waals surface area contributed by atoms with Crippen molar-refractivity contribution < 1.29 is 19.4 Å². The first kappa shape index (κ1) is 20.2. The molecule has 0 unspecified atom stereocenters. The highest BCUT2D eigenvalue weighted by Crippen LogP contribution is 2.30. The topological polar surface area (TPSA) is 68.7 Å². The largest absolute Gasteiger partial charge is 0.493 e. The van der Waals surface area contributed by atoms with Gasteiger partial charge in [0.15, 0.2) is 11.5 Å². The molecular formula is C26H21NO4. The molecule has 0 saturated carbocycles. The average molecular weight is 411 g/mol. The first-order chi connectivity index (χ1) is 15.1. The van der Waals surface area contributed by atoms with Crippen LogP contribution in [0.2, 0.25) is 0 Å². The van der Waals surface area contributed by atoms with Crippen molar-refractivity contribution in [2.24, 2.45) is 0 Å². The highest BCUT2D eigenvalue weighted by molar-refractivity contribution is 6.03. The van der Waals surface area contributed by atoms with Gasteiger partial charge in [0, 0.05) is 5.39 Å². The summed E-state index contributed by atoms with van der Waals surface area (Å²) in [5.41, 5.74) is 3.39. The van der Waals surface area contributed by atoms with E-state index in [1.807, 2.05) is 66.7 Å². The molecule has 0 aliphatic rings. The van der Waals surface area contributed by atoms with Crippen LogP contribution in [0.25, 0.3) is 23.1 Å². The van der Waals surface area contributed by atoms with Gasteiger partial charge in [0.2, 0.25) is 0 Å². The molecule has 1 aromatic heterocycles. The van der Waals surface area contributed by atoms with Gasteiger partial charge >= 0.3 is 5.97 Å². The summed E-state index contributed by atoms with van der Waals surface area (Å²) in [5.74, 6) is 0.297. The monoisotopic (exact) mass is 411 g/mol. The molecule has 0 radical (unpaired) electrons. The van der Waals surface area contributed by atoms with Gasteiger partial charge in [-0.1, -0.05) is 60.7 Å². The van der Waals surface area contributed by atoms with E-state index in [-0.39, 0.29) is 5.56 Å². The van der Waals surface area contributed by atoms with Crippen LogP contribution in [0.1, 0.15) is 27.2 Å². The number of ether oxygens (including phenoxy) is 2. The first-order valence-corrected chi connectivity index (χ1v) is 9.80. The Morgan fingerprint density at radius 1 is 0.935 bits per heavy atom. The van der Waals surface area contributed by atoms with Gasteiger partial charge in [-0.25, -0.2) is 9.78 Å². The van der Waals surface area contributed by atoms with Crippen molar-refractivity contribution in [2.75, 3.05) is 7.11 Å². The van der Waals surface area contributed by atoms with E-state index in [4.69, 9.17) is 9.47 Å². The standard InChI is InChI=1S/C26H21NO4/c1-30-24-14-12-18(15-25(24)31-17-19-7-3-2-4-8-19)11-13-20-16-22(26(28)29)21-9-5-6-10-23(21)27-20/h2-16H,17H2,1H3,(H,28,29)/b13-11+. The Labute approximate surface area is 180 Å². The number of methoxy groups -OCH3 is 1. The minimum absolute atomic E-state index is 0.229. The van der Waals surface area contributed by atoms with Gasteiger partial charge in [-0.3, -0.25) is 0 Å². The van der Waals surface area contributed by atoms with Gasteiger partial charge in [0.05, 0.1) is 23.9 Å². The molecule has 4 aromatic rings. The number of fused-ring (bicyclic) bond motifs is 1. The number of aromatic carboxylic acids is 1. The van der Waals surface area contributed by atoms with Crippen molar-refractivity contribution in [2.45, 2.75) is 6.61 Å². The van der Waals surface area contributed by atoms with Crippen LogP contribution in [0, 0.1) is 0 Å². The number of rotatable bonds is 7. The zero-order valence-corrected chi connectivity index (χ0v) is 17.0. The van der Waals surface area contributed by atoms with Crippen LogP contribution in [0.3, 0.4) is 0 Å². The molecule has 0 atom stereocenters. The maximum absolute atomic E-state index is 11.7. The fourth-order valence-corrected chi connectivity index (χ4v) is 3.28. The summed E-state index contributed by atoms with van der Waals surface area (Å²) in [4.78, 5) is 16.2. The lowest BCUT2D eigenvalue weighted by atomic mass is 10.1. The smallest absolute Gasteiger partial charge is 0.336 e. The molecule has 5 nitrogen and oxygen atoms in total. The third-order valence-corrected chi connectivity index (χ3v) is 4.84. The predicted molar refractivity (Wildman–Crippen MR) is 121 cm³/mol. The molecule has 0 amide bonds. The van der Waals surface area contributed by atoms with Gasteiger partial charge in [0.25, 0.3) is 0 Å². The molecule has 0 bridgehead atoms. The summed E-state index contributed by atoms with van der Waals surface area (Å²) in [5, 5.41) is 10.2. The van der Waals surface area contributed by atoms with Gasteiger partial charge in [0.1, 0.15) is 6.61 Å². The average Bonchev–Trinajstić information content (AvgIpc) is 2.81. The lowest BCUT2D eigenvalue weighted by molar-refractivity contribution is 0.0699. The molecule has 0 saturated heterocycles. The number of nitrogens with zero attached hydrogens (tertiary/aromatic N) is 1. The summed E-state index contributed by atoms with van der Waals surface area (Å²) in [7, 11) is 1.60. The number of aromatic nitrogens is 1. The lowest BCUT2D eigenvalue weighted by Crippen LogP contribution is -2.00. The van der Waals surface area contributed by atoms with Gasteiger partial charge < -0.3 is 14.6 Å². The Morgan fingerprint density at radius 3 is 2.48 bits per heavy atom. The Balaban J connectivity index is 1.61. The van der Waals surface area contributed by atoms with E-state index >= 15 is 0 Å². The Bertz CT molecular complexity index is 1250. The second kappa shape index (κ2) is 9.13. The minimum atomic E-state index is -0.978. The maximum atomic E-state index is 11.7. The van der Waals surface area contributed by atoms with Crippen LogP contribution in [0.5, 0.6) is 11.5 Å². The Hall–Kier alpha value is -4.12. The van der Waals surface area contributed by atoms with E-state index in [2.05, 4.69) is 4.98 Å². The van der Waals surface area contributed by atoms with Gasteiger partial charge in [-0.05, 0) is 41.5 Å². The van der Waals surface area contributed by atoms with Crippen LogP contribution >= 0.6 is 0 Å². The van der Waals surface area contributed by atoms with E-state index in [9.17, 15) is 9.90 Å². The van der Waals surface area contributed by atoms with Crippen molar-refractivity contribution in [3.63, 3.8) is 0 Å². The van der Waals surface area contributed by atoms with Crippen LogP contribution in [0.15, 0.2) is 78.9 Å². The number of para-hydroxylation sites is 1. The third kappa shape index (κ3) is 4.73. The highest BCUT2D eigenvalue weighted by atomic mass is 16.5. The van der Waals surface area contributed by atoms with Crippen molar-refractivity contribution in [3.05, 3.63) is 101 Å². The number of carbonyl (C=O) groups is 1. The van der Waals surface area contributed by atoms with Crippen molar-refractivity contribution >= 4 is 29.0 Å². The molecule has 0 fully saturated rings. The SMILES string of the molecule is COc1ccc(/C=C/c2cc(C(=O)O)c3ccccc3n2)cc1OCc1ccccc1. The highest BCUT2D eigenvalue weighted by Gasteiger charge is 2.11. The maximum Gasteiger partial charge on any atom is 0.336 e. The predicted octanol–water partition coefficient (Wildman–Crippen LogP) is 5.69. The first-order valence-electron chi connectivity index (χ1n) is 9.80. The Kier molecular flexibility index (Phi) is 5.94. The minimum Gasteiger partial charge on any atom is -0.493 e. The van der Waals surface area contributed by atoms with Crippen LogP contribution < -0.4 is 9.47 Å². The summed E-state index contributed by atoms with van der Waals surface area (Å²) >= 11 is 0. The molecule has 31 heavy (non-hydrogen) atoms. The number of hydrogen-bond donors (Lipinski definition) is 1. The molecule has 5 heteroatoms. The molecular weight excluding hydrogens is 390 g/mol. The molecule has 154 valence electrons. The van der Waals surface area contributed by atoms with Gasteiger partial charge in [-0.2, -0.15) is 0 Å². The lowest BCUT2D eigenvalue weighted by Gasteiger charge is -2.11. The van der Waals surface area contributed by atoms with Crippen molar-refractivity contribution in [3.8, 4) is 11.5 Å². The molecule has 0 aliphatic carbocycles. The molecule has 1 N–H and O–H groups in total. The van der Waals surface area contributed by atoms with E-state index in [0.29, 0.717) is 34.7 Å². The zero-order chi connectivity index (χ0) is 21.6. The summed E-state index contributed by atoms with van der Waals surface area (Å²) in [6.07, 6.45) is 3.67. The fraction of sp³-hybridized carbons (Fsp3) is 0.0769. The number of hydrogen-bond acceptors (Lipinski definition) is 4. The zero-order valence-electron chi connectivity index (χ0n) is 17.0. The van der Waals surface area contributed by atoms with Crippen LogP contribution in [-0.4, -0.2) is 23.2 Å². The number of carboxylic acids is 1. The molecule has 0 aliphatic heterocycles.